The summed E-state index contributed by atoms with van der Waals surface area (Å²) in [5.74, 6) is 0.601. The van der Waals surface area contributed by atoms with Gasteiger partial charge in [-0.1, -0.05) is 36.4 Å². The van der Waals surface area contributed by atoms with Crippen molar-refractivity contribution < 1.29 is 9.53 Å². The van der Waals surface area contributed by atoms with E-state index in [1.54, 1.807) is 0 Å². The van der Waals surface area contributed by atoms with Gasteiger partial charge in [-0.05, 0) is 49.4 Å². The molecule has 3 aromatic carbocycles. The second-order valence-corrected chi connectivity index (χ2v) is 7.62. The normalized spacial score (nSPS) is 10.3. The van der Waals surface area contributed by atoms with Crippen molar-refractivity contribution >= 4 is 40.6 Å². The van der Waals surface area contributed by atoms with E-state index in [4.69, 9.17) is 4.74 Å². The third kappa shape index (κ3) is 5.18. The highest BCUT2D eigenvalue weighted by Gasteiger charge is 2.13. The number of ether oxygens (including phenoxy) is 1. The van der Waals surface area contributed by atoms with Gasteiger partial charge in [0.1, 0.15) is 12.4 Å². The molecule has 1 aromatic heterocycles. The Balaban J connectivity index is 0.00000289. The number of rotatable bonds is 6. The Kier molecular flexibility index (Phi) is 7.33. The fourth-order valence-corrected chi connectivity index (χ4v) is 3.53. The number of pyridine rings is 1. The molecule has 164 valence electrons. The zero-order valence-corrected chi connectivity index (χ0v) is 19.1. The predicted octanol–water partition coefficient (Wildman–Crippen LogP) is 5.86. The second kappa shape index (κ2) is 10.2. The molecule has 0 radical (unpaired) electrons. The summed E-state index contributed by atoms with van der Waals surface area (Å²) in [4.78, 5) is 19.7. The maximum Gasteiger partial charge on any atom is 0.256 e. The summed E-state index contributed by atoms with van der Waals surface area (Å²) >= 11 is 0. The highest BCUT2D eigenvalue weighted by Crippen LogP contribution is 2.28. The zero-order chi connectivity index (χ0) is 21.8. The van der Waals surface area contributed by atoms with Gasteiger partial charge < -0.3 is 15.0 Å². The van der Waals surface area contributed by atoms with E-state index >= 15 is 0 Å². The Labute approximate surface area is 194 Å². The SMILES string of the molecule is Cc1cc(N(C)C)c2cc(NC(=O)c3ccccc3COc3ccccc3)ccc2n1.Cl. The van der Waals surface area contributed by atoms with Gasteiger partial charge in [0.25, 0.3) is 5.91 Å². The molecule has 0 spiro atoms. The van der Waals surface area contributed by atoms with Gasteiger partial charge in [-0.25, -0.2) is 0 Å². The Morgan fingerprint density at radius 1 is 0.969 bits per heavy atom. The van der Waals surface area contributed by atoms with E-state index < -0.39 is 0 Å². The molecule has 0 aliphatic carbocycles. The molecule has 0 saturated heterocycles. The summed E-state index contributed by atoms with van der Waals surface area (Å²) in [7, 11) is 4.00. The molecule has 0 aliphatic heterocycles. The van der Waals surface area contributed by atoms with Gasteiger partial charge in [0, 0.05) is 47.7 Å². The van der Waals surface area contributed by atoms with Crippen LogP contribution in [0, 0.1) is 6.92 Å². The standard InChI is InChI=1S/C26H25N3O2.ClH/c1-18-15-25(29(2)3)23-16-20(13-14-24(23)27-18)28-26(30)22-12-8-7-9-19(22)17-31-21-10-5-4-6-11-21;/h4-16H,17H2,1-3H3,(H,28,30);1H. The van der Waals surface area contributed by atoms with E-state index in [1.165, 1.54) is 0 Å². The first-order valence-electron chi connectivity index (χ1n) is 10.2. The summed E-state index contributed by atoms with van der Waals surface area (Å²) in [6.07, 6.45) is 0. The monoisotopic (exact) mass is 447 g/mol. The topological polar surface area (TPSA) is 54.5 Å². The number of benzene rings is 3. The maximum absolute atomic E-state index is 13.1. The minimum atomic E-state index is -0.168. The van der Waals surface area contributed by atoms with Gasteiger partial charge in [0.05, 0.1) is 5.52 Å². The predicted molar refractivity (Wildman–Crippen MR) is 133 cm³/mol. The molecule has 5 nitrogen and oxygen atoms in total. The highest BCUT2D eigenvalue weighted by molar-refractivity contribution is 6.06. The summed E-state index contributed by atoms with van der Waals surface area (Å²) in [5.41, 5.74) is 5.07. The fourth-order valence-electron chi connectivity index (χ4n) is 3.53. The van der Waals surface area contributed by atoms with Crippen LogP contribution in [0.25, 0.3) is 10.9 Å². The number of fused-ring (bicyclic) bond motifs is 1. The molecule has 0 atom stereocenters. The van der Waals surface area contributed by atoms with E-state index in [1.807, 2.05) is 99.9 Å². The summed E-state index contributed by atoms with van der Waals surface area (Å²) in [5, 5.41) is 4.02. The van der Waals surface area contributed by atoms with Crippen molar-refractivity contribution in [1.29, 1.82) is 0 Å². The molecular formula is C26H26ClN3O2. The molecule has 1 heterocycles. The minimum Gasteiger partial charge on any atom is -0.489 e. The van der Waals surface area contributed by atoms with Crippen LogP contribution in [0.1, 0.15) is 21.6 Å². The molecule has 4 rings (SSSR count). The number of nitrogens with zero attached hydrogens (tertiary/aromatic N) is 2. The number of amides is 1. The lowest BCUT2D eigenvalue weighted by molar-refractivity contribution is 0.102. The van der Waals surface area contributed by atoms with E-state index in [0.717, 1.165) is 39.3 Å². The molecule has 0 aliphatic rings. The molecule has 6 heteroatoms. The van der Waals surface area contributed by atoms with Crippen LogP contribution in [-0.4, -0.2) is 25.0 Å². The van der Waals surface area contributed by atoms with Gasteiger partial charge in [0.2, 0.25) is 0 Å². The first-order chi connectivity index (χ1) is 15.0. The van der Waals surface area contributed by atoms with E-state index in [2.05, 4.69) is 15.2 Å². The lowest BCUT2D eigenvalue weighted by Gasteiger charge is -2.17. The molecule has 0 saturated carbocycles. The summed E-state index contributed by atoms with van der Waals surface area (Å²) < 4.78 is 5.85. The van der Waals surface area contributed by atoms with E-state index in [9.17, 15) is 4.79 Å². The van der Waals surface area contributed by atoms with Crippen LogP contribution in [0.4, 0.5) is 11.4 Å². The number of carbonyl (C=O) groups excluding carboxylic acids is 1. The lowest BCUT2D eigenvalue weighted by atomic mass is 10.1. The number of aromatic nitrogens is 1. The Morgan fingerprint density at radius 2 is 1.69 bits per heavy atom. The van der Waals surface area contributed by atoms with Crippen LogP contribution >= 0.6 is 12.4 Å². The number of nitrogens with one attached hydrogen (secondary N) is 1. The average Bonchev–Trinajstić information content (AvgIpc) is 2.78. The molecule has 0 unspecified atom stereocenters. The van der Waals surface area contributed by atoms with E-state index in [-0.39, 0.29) is 18.3 Å². The molecule has 1 amide bonds. The third-order valence-electron chi connectivity index (χ3n) is 5.05. The second-order valence-electron chi connectivity index (χ2n) is 7.62. The van der Waals surface area contributed by atoms with Crippen molar-refractivity contribution in [2.45, 2.75) is 13.5 Å². The number of anilines is 2. The van der Waals surface area contributed by atoms with Crippen molar-refractivity contribution in [2.75, 3.05) is 24.3 Å². The lowest BCUT2D eigenvalue weighted by Crippen LogP contribution is -2.15. The van der Waals surface area contributed by atoms with Crippen molar-refractivity contribution in [3.8, 4) is 5.75 Å². The molecule has 0 fully saturated rings. The van der Waals surface area contributed by atoms with Crippen LogP contribution in [0.2, 0.25) is 0 Å². The average molecular weight is 448 g/mol. The van der Waals surface area contributed by atoms with Crippen molar-refractivity contribution in [3.63, 3.8) is 0 Å². The number of aryl methyl sites for hydroxylation is 1. The van der Waals surface area contributed by atoms with Gasteiger partial charge in [-0.2, -0.15) is 0 Å². The van der Waals surface area contributed by atoms with Gasteiger partial charge in [-0.3, -0.25) is 9.78 Å². The Hall–Kier alpha value is -3.57. The number of carbonyl (C=O) groups is 1. The van der Waals surface area contributed by atoms with Crippen molar-refractivity contribution in [1.82, 2.24) is 4.98 Å². The largest absolute Gasteiger partial charge is 0.489 e. The number of halogens is 1. The van der Waals surface area contributed by atoms with Gasteiger partial charge in [-0.15, -0.1) is 12.4 Å². The van der Waals surface area contributed by atoms with Gasteiger partial charge in [0.15, 0.2) is 0 Å². The molecule has 4 aromatic rings. The maximum atomic E-state index is 13.1. The van der Waals surface area contributed by atoms with E-state index in [0.29, 0.717) is 12.2 Å². The third-order valence-corrected chi connectivity index (χ3v) is 5.05. The van der Waals surface area contributed by atoms with Gasteiger partial charge >= 0.3 is 0 Å². The van der Waals surface area contributed by atoms with Crippen LogP contribution in [-0.2, 0) is 6.61 Å². The van der Waals surface area contributed by atoms with Crippen LogP contribution < -0.4 is 15.0 Å². The van der Waals surface area contributed by atoms with Crippen LogP contribution in [0.3, 0.4) is 0 Å². The molecule has 1 N–H and O–H groups in total. The zero-order valence-electron chi connectivity index (χ0n) is 18.3. The van der Waals surface area contributed by atoms with Crippen molar-refractivity contribution in [3.05, 3.63) is 95.7 Å². The Bertz CT molecular complexity index is 1230. The van der Waals surface area contributed by atoms with Crippen LogP contribution in [0.5, 0.6) is 5.75 Å². The van der Waals surface area contributed by atoms with Crippen LogP contribution in [0.15, 0.2) is 78.9 Å². The summed E-state index contributed by atoms with van der Waals surface area (Å²) in [6, 6.07) is 24.9. The highest BCUT2D eigenvalue weighted by atomic mass is 35.5. The molecule has 32 heavy (non-hydrogen) atoms. The molecular weight excluding hydrogens is 422 g/mol. The first kappa shape index (κ1) is 23.1. The quantitative estimate of drug-likeness (QED) is 0.402. The molecule has 0 bridgehead atoms. The Morgan fingerprint density at radius 3 is 2.44 bits per heavy atom. The van der Waals surface area contributed by atoms with Crippen molar-refractivity contribution in [2.24, 2.45) is 0 Å². The summed E-state index contributed by atoms with van der Waals surface area (Å²) in [6.45, 7) is 2.30. The number of para-hydroxylation sites is 1. The number of hydrogen-bond acceptors (Lipinski definition) is 4. The first-order valence-corrected chi connectivity index (χ1v) is 10.2. The minimum absolute atomic E-state index is 0. The fraction of sp³-hybridized carbons (Fsp3) is 0.154. The number of hydrogen-bond donors (Lipinski definition) is 1. The smallest absolute Gasteiger partial charge is 0.256 e.